The number of hydrogen-bond acceptors (Lipinski definition) is 6. The first-order valence-electron chi connectivity index (χ1n) is 28.5. The molecule has 0 amide bonds. The van der Waals surface area contributed by atoms with Gasteiger partial charge in [0.15, 0.2) is 23.3 Å². The van der Waals surface area contributed by atoms with Crippen molar-refractivity contribution in [1.29, 1.82) is 0 Å². The number of fused-ring (bicyclic) bond motifs is 3. The average molecular weight is 1050 g/mol. The molecule has 3 aliphatic carbocycles. The van der Waals surface area contributed by atoms with Crippen LogP contribution in [-0.4, -0.2) is 26.5 Å². The predicted molar refractivity (Wildman–Crippen MR) is 338 cm³/mol. The van der Waals surface area contributed by atoms with Crippen LogP contribution in [0.5, 0.6) is 0 Å². The van der Waals surface area contributed by atoms with Crippen LogP contribution in [-0.2, 0) is 10.8 Å². The van der Waals surface area contributed by atoms with E-state index in [1.807, 2.05) is 43.3 Å². The molecule has 0 saturated carbocycles. The van der Waals surface area contributed by atoms with Crippen molar-refractivity contribution < 1.29 is 0 Å². The highest BCUT2D eigenvalue weighted by molar-refractivity contribution is 6.13. The highest BCUT2D eigenvalue weighted by atomic mass is 15.2. The van der Waals surface area contributed by atoms with Gasteiger partial charge < -0.3 is 9.80 Å². The normalized spacial score (nSPS) is 17.0. The van der Waals surface area contributed by atoms with Gasteiger partial charge in [-0.2, -0.15) is 0 Å². The Morgan fingerprint density at radius 1 is 0.481 bits per heavy atom. The van der Waals surface area contributed by atoms with E-state index in [9.17, 15) is 0 Å². The number of allylic oxidation sites excluding steroid dienone is 9. The van der Waals surface area contributed by atoms with Gasteiger partial charge in [-0.25, -0.2) is 24.9 Å². The Bertz CT molecular complexity index is 4050. The lowest BCUT2D eigenvalue weighted by Gasteiger charge is -2.46. The van der Waals surface area contributed by atoms with E-state index in [1.165, 1.54) is 50.5 Å². The molecule has 81 heavy (non-hydrogen) atoms. The molecule has 7 aromatic carbocycles. The summed E-state index contributed by atoms with van der Waals surface area (Å²) in [7, 11) is 0. The van der Waals surface area contributed by atoms with E-state index in [1.54, 1.807) is 0 Å². The number of hydrogen-bond donors (Lipinski definition) is 0. The van der Waals surface area contributed by atoms with E-state index >= 15 is 0 Å². The number of nitrogens with zero attached hydrogens (tertiary/aromatic N) is 7. The van der Waals surface area contributed by atoms with E-state index in [0.29, 0.717) is 29.0 Å². The van der Waals surface area contributed by atoms with Crippen LogP contribution in [0.4, 0.5) is 28.4 Å². The molecule has 7 heteroatoms. The Hall–Kier alpha value is -9.33. The molecular formula is C74H65N7. The summed E-state index contributed by atoms with van der Waals surface area (Å²) in [5.74, 6) is 2.69. The Morgan fingerprint density at radius 2 is 1.05 bits per heavy atom. The summed E-state index contributed by atoms with van der Waals surface area (Å²) >= 11 is 0. The SMILES string of the molecule is C=C(N=C(N=C(C)c1ccccc1)C1=CCCC=C1)c1ccc(N2c3ccccc3C(C)(C)c3c(-c4cccc5c4C(C)(C)C4=C(C=CCC4)N5c4ccc(-c5nc(C6=CCCC=C6)nc(-c6ccccc6)n5)cc4)cccc32)cc1. The first kappa shape index (κ1) is 51.1. The lowest BCUT2D eigenvalue weighted by molar-refractivity contribution is 0.571. The van der Waals surface area contributed by atoms with Crippen LogP contribution in [0.25, 0.3) is 45.2 Å². The zero-order valence-corrected chi connectivity index (χ0v) is 46.9. The molecular weight excluding hydrogens is 987 g/mol. The van der Waals surface area contributed by atoms with Crippen LogP contribution >= 0.6 is 0 Å². The third kappa shape index (κ3) is 9.36. The molecule has 0 bridgehead atoms. The van der Waals surface area contributed by atoms with E-state index in [0.717, 1.165) is 94.7 Å². The van der Waals surface area contributed by atoms with Crippen molar-refractivity contribution in [1.82, 2.24) is 15.0 Å². The maximum atomic E-state index is 5.14. The Labute approximate surface area is 477 Å². The van der Waals surface area contributed by atoms with E-state index in [2.05, 4.69) is 226 Å². The van der Waals surface area contributed by atoms with Crippen molar-refractivity contribution in [2.45, 2.75) is 84.0 Å². The molecule has 0 fully saturated rings. The maximum Gasteiger partial charge on any atom is 0.164 e. The van der Waals surface area contributed by atoms with Crippen LogP contribution in [0.15, 0.2) is 252 Å². The predicted octanol–water partition coefficient (Wildman–Crippen LogP) is 18.9. The van der Waals surface area contributed by atoms with Crippen LogP contribution in [0, 0.1) is 0 Å². The molecule has 396 valence electrons. The molecule has 3 heterocycles. The van der Waals surface area contributed by atoms with Crippen molar-refractivity contribution in [3.8, 4) is 33.9 Å². The number of amidine groups is 1. The molecule has 0 spiro atoms. The largest absolute Gasteiger partial charge is 0.310 e. The second kappa shape index (κ2) is 21.0. The lowest BCUT2D eigenvalue weighted by atomic mass is 9.66. The van der Waals surface area contributed by atoms with Gasteiger partial charge in [0.1, 0.15) is 0 Å². The highest BCUT2D eigenvalue weighted by Crippen LogP contribution is 2.58. The first-order chi connectivity index (χ1) is 39.5. The molecule has 5 aliphatic rings. The van der Waals surface area contributed by atoms with E-state index in [4.69, 9.17) is 24.9 Å². The lowest BCUT2D eigenvalue weighted by Crippen LogP contribution is -2.36. The Morgan fingerprint density at radius 3 is 1.73 bits per heavy atom. The molecule has 0 saturated heterocycles. The van der Waals surface area contributed by atoms with Gasteiger partial charge in [0.2, 0.25) is 0 Å². The van der Waals surface area contributed by atoms with E-state index in [-0.39, 0.29) is 10.8 Å². The maximum absolute atomic E-state index is 5.14. The minimum absolute atomic E-state index is 0.283. The fraction of sp³-hybridized carbons (Fsp3) is 0.176. The summed E-state index contributed by atoms with van der Waals surface area (Å²) in [6.45, 7) is 16.2. The van der Waals surface area contributed by atoms with Crippen LogP contribution in [0.2, 0.25) is 0 Å². The van der Waals surface area contributed by atoms with Crippen molar-refractivity contribution in [2.24, 2.45) is 9.98 Å². The van der Waals surface area contributed by atoms with Crippen molar-refractivity contribution in [2.75, 3.05) is 9.80 Å². The third-order valence-corrected chi connectivity index (χ3v) is 16.8. The molecule has 0 radical (unpaired) electrons. The second-order valence-electron chi connectivity index (χ2n) is 22.6. The molecule has 0 atom stereocenters. The molecule has 13 rings (SSSR count). The monoisotopic (exact) mass is 1050 g/mol. The number of rotatable bonds is 10. The molecule has 0 unspecified atom stereocenters. The van der Waals surface area contributed by atoms with Gasteiger partial charge in [-0.15, -0.1) is 0 Å². The minimum Gasteiger partial charge on any atom is -0.310 e. The van der Waals surface area contributed by atoms with Crippen molar-refractivity contribution in [3.05, 3.63) is 276 Å². The van der Waals surface area contributed by atoms with Crippen molar-refractivity contribution >= 4 is 51.3 Å². The zero-order valence-electron chi connectivity index (χ0n) is 46.9. The van der Waals surface area contributed by atoms with Crippen LogP contribution in [0.3, 0.4) is 0 Å². The van der Waals surface area contributed by atoms with Crippen LogP contribution in [0.1, 0.15) is 107 Å². The third-order valence-electron chi connectivity index (χ3n) is 16.8. The summed E-state index contributed by atoms with van der Waals surface area (Å²) < 4.78 is 0. The van der Waals surface area contributed by atoms with Gasteiger partial charge in [-0.1, -0.05) is 192 Å². The zero-order chi connectivity index (χ0) is 55.2. The topological polar surface area (TPSA) is 69.9 Å². The van der Waals surface area contributed by atoms with Gasteiger partial charge in [0, 0.05) is 55.9 Å². The fourth-order valence-electron chi connectivity index (χ4n) is 12.7. The Kier molecular flexibility index (Phi) is 13.3. The first-order valence-corrected chi connectivity index (χ1v) is 28.5. The number of para-hydroxylation sites is 1. The van der Waals surface area contributed by atoms with Gasteiger partial charge in [-0.3, -0.25) is 0 Å². The highest BCUT2D eigenvalue weighted by Gasteiger charge is 2.43. The van der Waals surface area contributed by atoms with Gasteiger partial charge in [-0.05, 0) is 151 Å². The molecule has 7 nitrogen and oxygen atoms in total. The molecule has 0 N–H and O–H groups in total. The molecule has 1 aromatic heterocycles. The fourth-order valence-corrected chi connectivity index (χ4v) is 12.7. The number of anilines is 5. The van der Waals surface area contributed by atoms with Gasteiger partial charge in [0.05, 0.1) is 22.8 Å². The quantitative estimate of drug-likeness (QED) is 0.101. The van der Waals surface area contributed by atoms with Gasteiger partial charge >= 0.3 is 0 Å². The smallest absolute Gasteiger partial charge is 0.164 e. The number of aliphatic imine (C=N–C) groups is 2. The average Bonchev–Trinajstić information content (AvgIpc) is 2.84. The standard InChI is InChI=1S/C74H65N7/c1-49(51-25-11-7-12-26-51)75-69(53-27-13-8-14-28-53)76-50(2)52-41-45-57(46-42-52)80-63-37-21-19-35-61(63)73(3,4)67-59(33-23-39-65(67)80)60-34-24-40-66-68(60)74(5,6)62-36-20-22-38-64(62)81(66)58-47-43-56(44-48-58)72-78-70(54-29-15-9-16-30-54)77-71(79-72)55-31-17-10-18-32-55/h7,9,11-13,15-17,19,21-35,37-48H,2,8,10,14,18,20,36H2,1,3-6H3. The minimum atomic E-state index is -0.354. The Balaban J connectivity index is 0.894. The molecule has 8 aromatic rings. The molecule has 2 aliphatic heterocycles. The van der Waals surface area contributed by atoms with E-state index < -0.39 is 0 Å². The summed E-state index contributed by atoms with van der Waals surface area (Å²) in [5.41, 5.74) is 21.6. The summed E-state index contributed by atoms with van der Waals surface area (Å²) in [4.78, 5) is 30.4. The summed E-state index contributed by atoms with van der Waals surface area (Å²) in [6, 6.07) is 60.9. The van der Waals surface area contributed by atoms with Crippen molar-refractivity contribution in [3.63, 3.8) is 0 Å². The summed E-state index contributed by atoms with van der Waals surface area (Å²) in [5, 5.41) is 0. The number of benzene rings is 7. The number of aromatic nitrogens is 3. The van der Waals surface area contributed by atoms with Gasteiger partial charge in [0.25, 0.3) is 0 Å². The summed E-state index contributed by atoms with van der Waals surface area (Å²) in [6.07, 6.45) is 23.7. The second-order valence-corrected chi connectivity index (χ2v) is 22.6. The van der Waals surface area contributed by atoms with Crippen LogP contribution < -0.4 is 9.80 Å².